The molecule has 0 saturated heterocycles. The summed E-state index contributed by atoms with van der Waals surface area (Å²) in [5.41, 5.74) is 2.28. The lowest BCUT2D eigenvalue weighted by Gasteiger charge is -2.36. The second kappa shape index (κ2) is 6.29. The van der Waals surface area contributed by atoms with Gasteiger partial charge in [-0.05, 0) is 42.9 Å². The van der Waals surface area contributed by atoms with E-state index in [0.29, 0.717) is 17.8 Å². The number of hydrogen-bond donors (Lipinski definition) is 0. The molecular formula is C17H22BrClN2. The summed E-state index contributed by atoms with van der Waals surface area (Å²) >= 11 is 9.73. The van der Waals surface area contributed by atoms with E-state index in [1.807, 2.05) is 0 Å². The van der Waals surface area contributed by atoms with E-state index in [0.717, 1.165) is 21.7 Å². The fourth-order valence-electron chi connectivity index (χ4n) is 3.82. The van der Waals surface area contributed by atoms with Crippen LogP contribution in [0.3, 0.4) is 0 Å². The third-order valence-corrected chi connectivity index (χ3v) is 5.55. The molecule has 1 saturated carbocycles. The van der Waals surface area contributed by atoms with E-state index in [2.05, 4.69) is 52.5 Å². The van der Waals surface area contributed by atoms with Gasteiger partial charge < -0.3 is 4.57 Å². The molecule has 3 rings (SSSR count). The van der Waals surface area contributed by atoms with Crippen LogP contribution in [0.15, 0.2) is 22.7 Å². The van der Waals surface area contributed by atoms with Crippen LogP contribution in [-0.2, 0) is 5.88 Å². The first-order valence-corrected chi connectivity index (χ1v) is 9.17. The zero-order valence-corrected chi connectivity index (χ0v) is 15.0. The molecule has 2 unspecified atom stereocenters. The zero-order valence-electron chi connectivity index (χ0n) is 12.6. The van der Waals surface area contributed by atoms with E-state index in [1.165, 1.54) is 31.2 Å². The van der Waals surface area contributed by atoms with Crippen LogP contribution < -0.4 is 0 Å². The predicted octanol–water partition coefficient (Wildman–Crippen LogP) is 5.92. The van der Waals surface area contributed by atoms with Gasteiger partial charge in [0.1, 0.15) is 5.82 Å². The van der Waals surface area contributed by atoms with Crippen molar-refractivity contribution >= 4 is 38.6 Å². The van der Waals surface area contributed by atoms with Crippen LogP contribution in [0.5, 0.6) is 0 Å². The highest BCUT2D eigenvalue weighted by Crippen LogP contribution is 2.41. The second-order valence-electron chi connectivity index (χ2n) is 6.42. The Morgan fingerprint density at radius 3 is 2.81 bits per heavy atom. The summed E-state index contributed by atoms with van der Waals surface area (Å²) in [5, 5.41) is 0. The topological polar surface area (TPSA) is 17.8 Å². The van der Waals surface area contributed by atoms with Crippen LogP contribution in [0.4, 0.5) is 0 Å². The minimum Gasteiger partial charge on any atom is -0.324 e. The van der Waals surface area contributed by atoms with Crippen molar-refractivity contribution in [2.45, 2.75) is 51.5 Å². The standard InChI is InChI=1S/C17H22BrClN2/c1-11(2)13-5-3-4-6-15(13)21-16-8-7-12(18)9-14(16)20-17(21)10-19/h7-9,11,13,15H,3-6,10H2,1-2H3. The van der Waals surface area contributed by atoms with Crippen LogP contribution in [0.2, 0.25) is 0 Å². The quantitative estimate of drug-likeness (QED) is 0.613. The second-order valence-corrected chi connectivity index (χ2v) is 7.61. The van der Waals surface area contributed by atoms with Gasteiger partial charge in [0, 0.05) is 10.5 Å². The van der Waals surface area contributed by atoms with Gasteiger partial charge in [-0.1, -0.05) is 42.6 Å². The minimum atomic E-state index is 0.480. The number of benzene rings is 1. The molecule has 114 valence electrons. The van der Waals surface area contributed by atoms with Crippen LogP contribution in [0, 0.1) is 11.8 Å². The molecule has 1 fully saturated rings. The molecule has 1 aliphatic carbocycles. The van der Waals surface area contributed by atoms with Crippen LogP contribution in [0.1, 0.15) is 51.4 Å². The van der Waals surface area contributed by atoms with E-state index in [4.69, 9.17) is 16.6 Å². The van der Waals surface area contributed by atoms with Gasteiger partial charge in [0.15, 0.2) is 0 Å². The van der Waals surface area contributed by atoms with Gasteiger partial charge in [0.25, 0.3) is 0 Å². The normalized spacial score (nSPS) is 23.1. The zero-order chi connectivity index (χ0) is 15.0. The maximum Gasteiger partial charge on any atom is 0.125 e. The lowest BCUT2D eigenvalue weighted by atomic mass is 9.77. The molecule has 0 N–H and O–H groups in total. The molecule has 4 heteroatoms. The Balaban J connectivity index is 2.13. The molecule has 21 heavy (non-hydrogen) atoms. The average Bonchev–Trinajstić information content (AvgIpc) is 2.84. The number of hydrogen-bond acceptors (Lipinski definition) is 1. The Hall–Kier alpha value is -0.540. The van der Waals surface area contributed by atoms with Crippen molar-refractivity contribution in [1.82, 2.24) is 9.55 Å². The molecule has 2 aromatic rings. The maximum atomic E-state index is 6.19. The molecule has 0 aliphatic heterocycles. The lowest BCUT2D eigenvalue weighted by Crippen LogP contribution is -2.28. The lowest BCUT2D eigenvalue weighted by molar-refractivity contribution is 0.185. The number of alkyl halides is 1. The summed E-state index contributed by atoms with van der Waals surface area (Å²) in [5.74, 6) is 2.92. The monoisotopic (exact) mass is 368 g/mol. The predicted molar refractivity (Wildman–Crippen MR) is 92.8 cm³/mol. The highest BCUT2D eigenvalue weighted by atomic mass is 79.9. The molecule has 1 aromatic heterocycles. The van der Waals surface area contributed by atoms with Gasteiger partial charge in [0.05, 0.1) is 16.9 Å². The number of rotatable bonds is 3. The Bertz CT molecular complexity index is 635. The molecule has 2 atom stereocenters. The van der Waals surface area contributed by atoms with Crippen molar-refractivity contribution in [2.75, 3.05) is 0 Å². The van der Waals surface area contributed by atoms with Gasteiger partial charge >= 0.3 is 0 Å². The smallest absolute Gasteiger partial charge is 0.125 e. The largest absolute Gasteiger partial charge is 0.324 e. The van der Waals surface area contributed by atoms with Crippen LogP contribution >= 0.6 is 27.5 Å². The molecular weight excluding hydrogens is 348 g/mol. The Morgan fingerprint density at radius 2 is 2.10 bits per heavy atom. The molecule has 1 heterocycles. The molecule has 0 amide bonds. The fraction of sp³-hybridized carbons (Fsp3) is 0.588. The first-order chi connectivity index (χ1) is 10.1. The van der Waals surface area contributed by atoms with Gasteiger partial charge in [0.2, 0.25) is 0 Å². The fourth-order valence-corrected chi connectivity index (χ4v) is 4.36. The Kier molecular flexibility index (Phi) is 4.60. The van der Waals surface area contributed by atoms with Crippen molar-refractivity contribution < 1.29 is 0 Å². The first-order valence-electron chi connectivity index (χ1n) is 7.84. The van der Waals surface area contributed by atoms with E-state index >= 15 is 0 Å². The molecule has 0 bridgehead atoms. The van der Waals surface area contributed by atoms with E-state index in [9.17, 15) is 0 Å². The molecule has 0 radical (unpaired) electrons. The van der Waals surface area contributed by atoms with Crippen molar-refractivity contribution in [2.24, 2.45) is 11.8 Å². The number of nitrogens with zero attached hydrogens (tertiary/aromatic N) is 2. The van der Waals surface area contributed by atoms with E-state index < -0.39 is 0 Å². The minimum absolute atomic E-state index is 0.480. The SMILES string of the molecule is CC(C)C1CCCCC1n1c(CCl)nc2cc(Br)ccc21. The van der Waals surface area contributed by atoms with Crippen molar-refractivity contribution in [3.8, 4) is 0 Å². The maximum absolute atomic E-state index is 6.19. The molecule has 1 aliphatic rings. The summed E-state index contributed by atoms with van der Waals surface area (Å²) in [6.45, 7) is 4.69. The molecule has 1 aromatic carbocycles. The summed E-state index contributed by atoms with van der Waals surface area (Å²) in [6, 6.07) is 6.91. The molecule has 2 nitrogen and oxygen atoms in total. The average molecular weight is 370 g/mol. The summed E-state index contributed by atoms with van der Waals surface area (Å²) in [6.07, 6.45) is 5.23. The Morgan fingerprint density at radius 1 is 1.33 bits per heavy atom. The van der Waals surface area contributed by atoms with Crippen LogP contribution in [0.25, 0.3) is 11.0 Å². The summed E-state index contributed by atoms with van der Waals surface area (Å²) in [7, 11) is 0. The molecule has 0 spiro atoms. The number of fused-ring (bicyclic) bond motifs is 1. The van der Waals surface area contributed by atoms with E-state index in [-0.39, 0.29) is 0 Å². The van der Waals surface area contributed by atoms with Crippen molar-refractivity contribution in [3.05, 3.63) is 28.5 Å². The first kappa shape index (κ1) is 15.4. The summed E-state index contributed by atoms with van der Waals surface area (Å²) < 4.78 is 3.50. The van der Waals surface area contributed by atoms with E-state index in [1.54, 1.807) is 0 Å². The number of aromatic nitrogens is 2. The van der Waals surface area contributed by atoms with Gasteiger partial charge in [-0.2, -0.15) is 0 Å². The number of imidazole rings is 1. The highest BCUT2D eigenvalue weighted by Gasteiger charge is 2.31. The third-order valence-electron chi connectivity index (χ3n) is 4.81. The number of halogens is 2. The third kappa shape index (κ3) is 2.87. The van der Waals surface area contributed by atoms with Gasteiger partial charge in [-0.15, -0.1) is 11.6 Å². The van der Waals surface area contributed by atoms with Gasteiger partial charge in [-0.3, -0.25) is 0 Å². The van der Waals surface area contributed by atoms with Crippen molar-refractivity contribution in [1.29, 1.82) is 0 Å². The Labute approximate surface area is 140 Å². The highest BCUT2D eigenvalue weighted by molar-refractivity contribution is 9.10. The van der Waals surface area contributed by atoms with Crippen LogP contribution in [-0.4, -0.2) is 9.55 Å². The van der Waals surface area contributed by atoms with Crippen molar-refractivity contribution in [3.63, 3.8) is 0 Å². The van der Waals surface area contributed by atoms with Gasteiger partial charge in [-0.25, -0.2) is 4.98 Å². The summed E-state index contributed by atoms with van der Waals surface area (Å²) in [4.78, 5) is 4.76.